The van der Waals surface area contributed by atoms with Gasteiger partial charge in [0.05, 0.1) is 12.8 Å². The van der Waals surface area contributed by atoms with Crippen LogP contribution < -0.4 is 11.2 Å². The summed E-state index contributed by atoms with van der Waals surface area (Å²) in [6.07, 6.45) is -2.14. The molecule has 152 valence electrons. The number of benzene rings is 1. The molecule has 0 unspecified atom stereocenters. The molecule has 0 aliphatic carbocycles. The third kappa shape index (κ3) is 3.34. The first-order chi connectivity index (χ1) is 14.0. The Morgan fingerprint density at radius 1 is 1.24 bits per heavy atom. The molecule has 0 saturated carbocycles. The molecule has 0 spiro atoms. The average Bonchev–Trinajstić information content (AvgIpc) is 3.22. The Hall–Kier alpha value is -3.32. The highest BCUT2D eigenvalue weighted by Crippen LogP contribution is 2.35. The summed E-state index contributed by atoms with van der Waals surface area (Å²) in [5, 5.41) is 43.8. The number of phenolic OH excluding ortho intramolecular Hbond substituents is 1. The molecular weight excluding hydrogens is 382 g/mol. The zero-order chi connectivity index (χ0) is 20.5. The summed E-state index contributed by atoms with van der Waals surface area (Å²) in [6.45, 7) is -0.479. The minimum absolute atomic E-state index is 0.0464. The first-order valence-corrected chi connectivity index (χ1v) is 8.69. The predicted molar refractivity (Wildman–Crippen MR) is 102 cm³/mol. The number of aliphatic hydroxyl groups excluding tert-OH is 3. The molecule has 29 heavy (non-hydrogen) atoms. The van der Waals surface area contributed by atoms with Gasteiger partial charge in [-0.2, -0.15) is 5.10 Å². The number of nitrogens with two attached hydrogens (primary N) is 1. The van der Waals surface area contributed by atoms with E-state index in [1.54, 1.807) is 18.2 Å². The van der Waals surface area contributed by atoms with Gasteiger partial charge in [0.1, 0.15) is 30.4 Å². The van der Waals surface area contributed by atoms with E-state index in [0.717, 1.165) is 0 Å². The van der Waals surface area contributed by atoms with E-state index in [0.29, 0.717) is 5.56 Å². The molecule has 0 radical (unpaired) electrons. The van der Waals surface area contributed by atoms with E-state index in [-0.39, 0.29) is 28.7 Å². The van der Waals surface area contributed by atoms with Crippen LogP contribution >= 0.6 is 0 Å². The van der Waals surface area contributed by atoms with E-state index >= 15 is 0 Å². The molecule has 4 rings (SSSR count). The van der Waals surface area contributed by atoms with Crippen molar-refractivity contribution in [2.24, 2.45) is 5.10 Å². The molecule has 1 aromatic carbocycles. The van der Waals surface area contributed by atoms with Gasteiger partial charge in [0, 0.05) is 5.56 Å². The first kappa shape index (κ1) is 19.0. The minimum Gasteiger partial charge on any atom is -0.507 e. The number of hydrogen-bond acceptors (Lipinski definition) is 11. The highest BCUT2D eigenvalue weighted by atomic mass is 16.6. The molecule has 12 heteroatoms. The second-order valence-electron chi connectivity index (χ2n) is 6.39. The number of aromatic nitrogens is 4. The number of hydrazone groups is 1. The largest absolute Gasteiger partial charge is 0.507 e. The summed E-state index contributed by atoms with van der Waals surface area (Å²) >= 11 is 0. The molecule has 12 nitrogen and oxygen atoms in total. The van der Waals surface area contributed by atoms with E-state index in [2.05, 4.69) is 25.5 Å². The molecule has 3 heterocycles. The number of nitrogens with zero attached hydrogens (tertiary/aromatic N) is 5. The number of aromatic hydroxyl groups is 1. The maximum atomic E-state index is 10.4. The second-order valence-corrected chi connectivity index (χ2v) is 6.39. The van der Waals surface area contributed by atoms with Crippen LogP contribution in [0.5, 0.6) is 5.75 Å². The van der Waals surface area contributed by atoms with Crippen LogP contribution in [-0.4, -0.2) is 71.1 Å². The van der Waals surface area contributed by atoms with E-state index in [9.17, 15) is 20.4 Å². The number of imidazole rings is 1. The van der Waals surface area contributed by atoms with Crippen molar-refractivity contribution in [3.8, 4) is 5.75 Å². The maximum Gasteiger partial charge on any atom is 0.228 e. The van der Waals surface area contributed by atoms with Crippen molar-refractivity contribution in [2.45, 2.75) is 24.5 Å². The third-order valence-electron chi connectivity index (χ3n) is 4.58. The first-order valence-electron chi connectivity index (χ1n) is 8.69. The summed E-state index contributed by atoms with van der Waals surface area (Å²) in [7, 11) is 0. The Morgan fingerprint density at radius 2 is 2.03 bits per heavy atom. The average molecular weight is 401 g/mol. The Morgan fingerprint density at radius 3 is 2.76 bits per heavy atom. The van der Waals surface area contributed by atoms with Crippen molar-refractivity contribution in [3.05, 3.63) is 36.2 Å². The van der Waals surface area contributed by atoms with Crippen LogP contribution in [0.4, 0.5) is 11.8 Å². The lowest BCUT2D eigenvalue weighted by molar-refractivity contribution is -0.0501. The van der Waals surface area contributed by atoms with Crippen LogP contribution in [0.25, 0.3) is 11.2 Å². The van der Waals surface area contributed by atoms with Crippen LogP contribution in [0.1, 0.15) is 11.8 Å². The number of phenols is 1. The monoisotopic (exact) mass is 401 g/mol. The fourth-order valence-electron chi connectivity index (χ4n) is 3.10. The van der Waals surface area contributed by atoms with Crippen molar-refractivity contribution in [3.63, 3.8) is 0 Å². The quantitative estimate of drug-likeness (QED) is 0.233. The molecule has 7 N–H and O–H groups in total. The van der Waals surface area contributed by atoms with Gasteiger partial charge in [0.2, 0.25) is 5.95 Å². The molecule has 2 aromatic heterocycles. The highest BCUT2D eigenvalue weighted by molar-refractivity contribution is 5.85. The van der Waals surface area contributed by atoms with Crippen LogP contribution in [0.2, 0.25) is 0 Å². The van der Waals surface area contributed by atoms with Gasteiger partial charge in [-0.1, -0.05) is 12.1 Å². The summed E-state index contributed by atoms with van der Waals surface area (Å²) in [4.78, 5) is 12.3. The van der Waals surface area contributed by atoms with Crippen LogP contribution in [0.3, 0.4) is 0 Å². The molecule has 1 saturated heterocycles. The lowest BCUT2D eigenvalue weighted by Crippen LogP contribution is -2.33. The number of nitrogens with one attached hydrogen (secondary N) is 1. The normalized spacial score (nSPS) is 24.5. The number of nitrogen functional groups attached to an aromatic ring is 1. The fraction of sp³-hybridized carbons (Fsp3) is 0.294. The van der Waals surface area contributed by atoms with E-state index in [1.807, 2.05) is 0 Å². The summed E-state index contributed by atoms with van der Waals surface area (Å²) < 4.78 is 6.97. The number of ether oxygens (including phenoxy) is 1. The summed E-state index contributed by atoms with van der Waals surface area (Å²) in [5.74, 6) is 0.257. The molecule has 1 aliphatic rings. The van der Waals surface area contributed by atoms with Gasteiger partial charge in [-0.15, -0.1) is 0 Å². The minimum atomic E-state index is -1.36. The highest BCUT2D eigenvalue weighted by Gasteiger charge is 2.45. The van der Waals surface area contributed by atoms with Gasteiger partial charge in [-0.05, 0) is 12.1 Å². The Kier molecular flexibility index (Phi) is 4.98. The standard InChI is InChI=1S/C17H19N7O5/c18-14-11-15(20-7-19-14)24(16-13(28)12(27)10(6-25)29-16)17(22-11)23-21-5-8-3-1-2-4-9(8)26/h1-5,7,10,12-13,16,25-28H,6H2,(H,22,23)(H2,18,19,20)/t10-,12+,13-,16-/m0/s1. The predicted octanol–water partition coefficient (Wildman–Crippen LogP) is -0.828. The van der Waals surface area contributed by atoms with Gasteiger partial charge < -0.3 is 30.9 Å². The summed E-state index contributed by atoms with van der Waals surface area (Å²) in [6, 6.07) is 6.61. The van der Waals surface area contributed by atoms with Crippen LogP contribution in [0.15, 0.2) is 35.7 Å². The zero-order valence-electron chi connectivity index (χ0n) is 15.0. The van der Waals surface area contributed by atoms with Crippen LogP contribution in [0, 0.1) is 0 Å². The molecule has 3 aromatic rings. The number of aliphatic hydroxyl groups is 3. The van der Waals surface area contributed by atoms with E-state index < -0.39 is 31.1 Å². The summed E-state index contributed by atoms with van der Waals surface area (Å²) in [5.41, 5.74) is 9.53. The van der Waals surface area contributed by atoms with Crippen molar-refractivity contribution in [2.75, 3.05) is 17.8 Å². The van der Waals surface area contributed by atoms with Crippen molar-refractivity contribution in [1.82, 2.24) is 19.5 Å². The number of fused-ring (bicyclic) bond motifs is 1. The SMILES string of the molecule is Nc1ncnc2c1nc(NN=Cc1ccccc1O)n2[C@H]1O[C@@H](CO)[C@@H](O)[C@@H]1O. The number of hydrogen-bond donors (Lipinski definition) is 6. The van der Waals surface area contributed by atoms with Gasteiger partial charge in [0.25, 0.3) is 0 Å². The third-order valence-corrected chi connectivity index (χ3v) is 4.58. The topological polar surface area (TPSA) is 184 Å². The molecule has 1 fully saturated rings. The van der Waals surface area contributed by atoms with Gasteiger partial charge in [0.15, 0.2) is 23.2 Å². The second kappa shape index (κ2) is 7.60. The Bertz CT molecular complexity index is 1060. The lowest BCUT2D eigenvalue weighted by Gasteiger charge is -2.18. The van der Waals surface area contributed by atoms with Gasteiger partial charge in [-0.3, -0.25) is 4.57 Å². The molecular formula is C17H19N7O5. The molecule has 0 amide bonds. The smallest absolute Gasteiger partial charge is 0.228 e. The van der Waals surface area contributed by atoms with Crippen molar-refractivity contribution >= 4 is 29.1 Å². The molecule has 1 aliphatic heterocycles. The maximum absolute atomic E-state index is 10.4. The fourth-order valence-corrected chi connectivity index (χ4v) is 3.10. The Labute approximate surface area is 163 Å². The van der Waals surface area contributed by atoms with Crippen LogP contribution in [-0.2, 0) is 4.74 Å². The van der Waals surface area contributed by atoms with E-state index in [4.69, 9.17) is 10.5 Å². The molecule has 0 bridgehead atoms. The lowest BCUT2D eigenvalue weighted by atomic mass is 10.1. The number of anilines is 2. The van der Waals surface area contributed by atoms with Crippen molar-refractivity contribution in [1.29, 1.82) is 0 Å². The van der Waals surface area contributed by atoms with Gasteiger partial charge in [-0.25, -0.2) is 20.4 Å². The zero-order valence-corrected chi connectivity index (χ0v) is 15.0. The van der Waals surface area contributed by atoms with Gasteiger partial charge >= 0.3 is 0 Å². The van der Waals surface area contributed by atoms with Crippen molar-refractivity contribution < 1.29 is 25.2 Å². The van der Waals surface area contributed by atoms with E-state index in [1.165, 1.54) is 23.2 Å². The number of rotatable bonds is 5. The molecule has 4 atom stereocenters. The number of para-hydroxylation sites is 1. The Balaban J connectivity index is 1.73.